The van der Waals surface area contributed by atoms with Gasteiger partial charge < -0.3 is 15.2 Å². The van der Waals surface area contributed by atoms with E-state index < -0.39 is 0 Å². The van der Waals surface area contributed by atoms with Gasteiger partial charge in [0.25, 0.3) is 0 Å². The Labute approximate surface area is 134 Å². The average molecular weight is 318 g/mol. The molecule has 1 atom stereocenters. The number of nitrogens with two attached hydrogens (primary N) is 1. The lowest BCUT2D eigenvalue weighted by atomic mass is 9.99. The van der Waals surface area contributed by atoms with Crippen LogP contribution in [-0.2, 0) is 17.9 Å². The maximum Gasteiger partial charge on any atom is 0.244 e. The normalized spacial score (nSPS) is 18.3. The number of likely N-dealkylation sites (tertiary alicyclic amines) is 1. The number of aromatic nitrogens is 6. The highest BCUT2D eigenvalue weighted by atomic mass is 16.2. The summed E-state index contributed by atoms with van der Waals surface area (Å²) in [5.74, 6) is 1.19. The zero-order valence-electron chi connectivity index (χ0n) is 13.3. The molecule has 0 aromatic carbocycles. The molecule has 0 spiro atoms. The van der Waals surface area contributed by atoms with Gasteiger partial charge in [0.15, 0.2) is 0 Å². The third-order valence-corrected chi connectivity index (χ3v) is 4.42. The van der Waals surface area contributed by atoms with Crippen molar-refractivity contribution in [3.8, 4) is 0 Å². The molecular weight excluding hydrogens is 296 g/mol. The fourth-order valence-corrected chi connectivity index (χ4v) is 3.10. The van der Waals surface area contributed by atoms with Crippen molar-refractivity contribution in [2.24, 2.45) is 0 Å². The van der Waals surface area contributed by atoms with Crippen LogP contribution < -0.4 is 5.73 Å². The van der Waals surface area contributed by atoms with Gasteiger partial charge in [0, 0.05) is 31.5 Å². The third kappa shape index (κ3) is 3.49. The largest absolute Gasteiger partial charge is 0.367 e. The number of nitrogens with zero attached hydrogens (tertiary/aromatic N) is 7. The molecule has 0 radical (unpaired) electrons. The van der Waals surface area contributed by atoms with Gasteiger partial charge in [-0.3, -0.25) is 4.79 Å². The van der Waals surface area contributed by atoms with E-state index in [4.69, 9.17) is 5.73 Å². The number of amides is 1. The number of carbonyl (C=O) groups excluding carboxylic acids is 1. The molecule has 2 aromatic rings. The number of hydrogen-bond donors (Lipinski definition) is 1. The Kier molecular flexibility index (Phi) is 4.54. The number of tetrazole rings is 1. The summed E-state index contributed by atoms with van der Waals surface area (Å²) < 4.78 is 3.46. The summed E-state index contributed by atoms with van der Waals surface area (Å²) >= 11 is 0. The lowest BCUT2D eigenvalue weighted by Crippen LogP contribution is -2.45. The lowest BCUT2D eigenvalue weighted by molar-refractivity contribution is -0.135. The van der Waals surface area contributed by atoms with E-state index in [2.05, 4.69) is 25.1 Å². The van der Waals surface area contributed by atoms with Crippen molar-refractivity contribution in [2.45, 2.75) is 51.7 Å². The van der Waals surface area contributed by atoms with Gasteiger partial charge >= 0.3 is 0 Å². The Morgan fingerprint density at radius 3 is 3.00 bits per heavy atom. The number of imidazole rings is 1. The van der Waals surface area contributed by atoms with E-state index in [0.717, 1.165) is 44.6 Å². The molecule has 3 heterocycles. The smallest absolute Gasteiger partial charge is 0.244 e. The number of aryl methyl sites for hydroxylation is 2. The van der Waals surface area contributed by atoms with Crippen molar-refractivity contribution >= 4 is 11.9 Å². The first-order valence-electron chi connectivity index (χ1n) is 7.94. The van der Waals surface area contributed by atoms with E-state index in [9.17, 15) is 4.79 Å². The minimum absolute atomic E-state index is 0.0241. The minimum Gasteiger partial charge on any atom is -0.367 e. The van der Waals surface area contributed by atoms with Gasteiger partial charge in [-0.15, -0.1) is 0 Å². The summed E-state index contributed by atoms with van der Waals surface area (Å²) in [6.45, 7) is 3.74. The van der Waals surface area contributed by atoms with Crippen molar-refractivity contribution in [2.75, 3.05) is 12.3 Å². The minimum atomic E-state index is 0.0241. The van der Waals surface area contributed by atoms with Crippen LogP contribution in [0.3, 0.4) is 0 Å². The molecule has 1 amide bonds. The Hall–Kier alpha value is -2.45. The summed E-state index contributed by atoms with van der Waals surface area (Å²) in [5.41, 5.74) is 5.64. The van der Waals surface area contributed by atoms with Gasteiger partial charge in [0.1, 0.15) is 12.4 Å². The molecule has 1 unspecified atom stereocenters. The molecule has 1 saturated heterocycles. The van der Waals surface area contributed by atoms with Crippen molar-refractivity contribution in [3.05, 3.63) is 18.2 Å². The van der Waals surface area contributed by atoms with Gasteiger partial charge in [-0.2, -0.15) is 0 Å². The van der Waals surface area contributed by atoms with E-state index >= 15 is 0 Å². The zero-order chi connectivity index (χ0) is 16.2. The first-order chi connectivity index (χ1) is 11.1. The van der Waals surface area contributed by atoms with Crippen LogP contribution in [0.1, 0.15) is 31.5 Å². The van der Waals surface area contributed by atoms with Gasteiger partial charge in [-0.05, 0) is 43.0 Å². The van der Waals surface area contributed by atoms with Crippen LogP contribution in [-0.4, -0.2) is 53.2 Å². The Bertz CT molecular complexity index is 663. The van der Waals surface area contributed by atoms with Crippen LogP contribution >= 0.6 is 0 Å². The van der Waals surface area contributed by atoms with Crippen LogP contribution in [0.4, 0.5) is 5.95 Å². The number of nitrogen functional groups attached to an aromatic ring is 1. The first-order valence-corrected chi connectivity index (χ1v) is 7.94. The Morgan fingerprint density at radius 1 is 1.43 bits per heavy atom. The fraction of sp³-hybridized carbons (Fsp3) is 0.643. The van der Waals surface area contributed by atoms with Crippen LogP contribution in [0.5, 0.6) is 0 Å². The second-order valence-electron chi connectivity index (χ2n) is 5.89. The van der Waals surface area contributed by atoms with Crippen LogP contribution in [0.15, 0.2) is 12.4 Å². The number of hydrogen-bond acceptors (Lipinski definition) is 6. The van der Waals surface area contributed by atoms with E-state index in [1.54, 1.807) is 6.20 Å². The van der Waals surface area contributed by atoms with Crippen molar-refractivity contribution in [1.29, 1.82) is 0 Å². The topological polar surface area (TPSA) is 108 Å². The van der Waals surface area contributed by atoms with Crippen molar-refractivity contribution in [3.63, 3.8) is 0 Å². The predicted octanol–water partition coefficient (Wildman–Crippen LogP) is 0.232. The molecule has 2 aromatic heterocycles. The Balaban J connectivity index is 1.62. The highest BCUT2D eigenvalue weighted by Crippen LogP contribution is 2.21. The van der Waals surface area contributed by atoms with Gasteiger partial charge in [0.05, 0.1) is 0 Å². The van der Waals surface area contributed by atoms with Crippen LogP contribution in [0.25, 0.3) is 0 Å². The molecule has 3 rings (SSSR count). The standard InChI is InChI=1S/C14H22N8O/c1-11-16-6-9-20(11)8-5-12-4-2-3-7-21(12)13(23)10-22-14(15)17-18-19-22/h6,9,12H,2-5,7-8,10H2,1H3,(H2,15,17,19). The monoisotopic (exact) mass is 318 g/mol. The van der Waals surface area contributed by atoms with Crippen LogP contribution in [0, 0.1) is 6.92 Å². The lowest BCUT2D eigenvalue weighted by Gasteiger charge is -2.36. The highest BCUT2D eigenvalue weighted by molar-refractivity contribution is 5.76. The number of piperidine rings is 1. The molecule has 9 heteroatoms. The average Bonchev–Trinajstić information content (AvgIpc) is 3.14. The molecule has 0 saturated carbocycles. The Morgan fingerprint density at radius 2 is 2.30 bits per heavy atom. The molecule has 1 aliphatic rings. The molecule has 2 N–H and O–H groups in total. The SMILES string of the molecule is Cc1nccn1CCC1CCCCN1C(=O)Cn1nnnc1N. The zero-order valence-corrected chi connectivity index (χ0v) is 13.3. The summed E-state index contributed by atoms with van der Waals surface area (Å²) in [5, 5.41) is 10.8. The highest BCUT2D eigenvalue weighted by Gasteiger charge is 2.27. The van der Waals surface area contributed by atoms with Crippen molar-refractivity contribution < 1.29 is 4.79 Å². The quantitative estimate of drug-likeness (QED) is 0.845. The number of anilines is 1. The maximum absolute atomic E-state index is 12.6. The molecule has 0 bridgehead atoms. The molecule has 1 aliphatic heterocycles. The second kappa shape index (κ2) is 6.76. The summed E-state index contributed by atoms with van der Waals surface area (Å²) in [7, 11) is 0. The summed E-state index contributed by atoms with van der Waals surface area (Å²) in [4.78, 5) is 18.8. The third-order valence-electron chi connectivity index (χ3n) is 4.42. The summed E-state index contributed by atoms with van der Waals surface area (Å²) in [6, 6.07) is 0.246. The molecule has 0 aliphatic carbocycles. The fourth-order valence-electron chi connectivity index (χ4n) is 3.10. The van der Waals surface area contributed by atoms with E-state index in [1.165, 1.54) is 4.68 Å². The van der Waals surface area contributed by atoms with E-state index in [0.29, 0.717) is 0 Å². The molecule has 9 nitrogen and oxygen atoms in total. The molecular formula is C14H22N8O. The van der Waals surface area contributed by atoms with Crippen LogP contribution in [0.2, 0.25) is 0 Å². The van der Waals surface area contributed by atoms with Gasteiger partial charge in [0.2, 0.25) is 11.9 Å². The van der Waals surface area contributed by atoms with Gasteiger partial charge in [-0.25, -0.2) is 9.67 Å². The maximum atomic E-state index is 12.6. The molecule has 1 fully saturated rings. The predicted molar refractivity (Wildman–Crippen MR) is 83.2 cm³/mol. The molecule has 23 heavy (non-hydrogen) atoms. The van der Waals surface area contributed by atoms with E-state index in [-0.39, 0.29) is 24.4 Å². The first kappa shape index (κ1) is 15.4. The van der Waals surface area contributed by atoms with Crippen molar-refractivity contribution in [1.82, 2.24) is 34.7 Å². The van der Waals surface area contributed by atoms with Gasteiger partial charge in [-0.1, -0.05) is 5.10 Å². The van der Waals surface area contributed by atoms with E-state index in [1.807, 2.05) is 18.0 Å². The number of carbonyl (C=O) groups is 1. The molecule has 124 valence electrons. The summed E-state index contributed by atoms with van der Waals surface area (Å²) in [6.07, 6.45) is 7.94. The number of rotatable bonds is 5. The second-order valence-corrected chi connectivity index (χ2v) is 5.89.